The van der Waals surface area contributed by atoms with Crippen molar-refractivity contribution in [2.75, 3.05) is 17.7 Å². The molecule has 0 fully saturated rings. The molecule has 0 amide bonds. The topological polar surface area (TPSA) is 66.5 Å². The fraction of sp³-hybridized carbons (Fsp3) is 0.462. The van der Waals surface area contributed by atoms with Crippen molar-refractivity contribution in [3.05, 3.63) is 18.2 Å². The average molecular weight is 346 g/mol. The Balaban J connectivity index is 2.66. The Bertz CT molecular complexity index is 744. The Hall–Kier alpha value is -0.910. The number of sulfone groups is 1. The van der Waals surface area contributed by atoms with Crippen LogP contribution in [0, 0.1) is 0 Å². The SMILES string of the molecule is CCS(=O)(=O)c1ccc2c(c1)P(C)(=O)N(C(C)C)C(=S)N2. The van der Waals surface area contributed by atoms with E-state index in [0.29, 0.717) is 16.1 Å². The zero-order valence-corrected chi connectivity index (χ0v) is 15.0. The van der Waals surface area contributed by atoms with Crippen LogP contribution in [0.15, 0.2) is 23.1 Å². The van der Waals surface area contributed by atoms with E-state index >= 15 is 0 Å². The van der Waals surface area contributed by atoms with Gasteiger partial charge in [0.25, 0.3) is 0 Å². The monoisotopic (exact) mass is 346 g/mol. The molecule has 1 aromatic rings. The number of nitrogens with one attached hydrogen (secondary N) is 1. The summed E-state index contributed by atoms with van der Waals surface area (Å²) in [4.78, 5) is 0.198. The highest BCUT2D eigenvalue weighted by Crippen LogP contribution is 2.51. The quantitative estimate of drug-likeness (QED) is 0.670. The summed E-state index contributed by atoms with van der Waals surface area (Å²) in [7, 11) is -6.27. The summed E-state index contributed by atoms with van der Waals surface area (Å²) in [6.45, 7) is 7.03. The third-order valence-electron chi connectivity index (χ3n) is 3.51. The molecule has 1 heterocycles. The lowest BCUT2D eigenvalue weighted by atomic mass is 10.3. The minimum absolute atomic E-state index is 0.0134. The molecule has 1 aromatic carbocycles. The summed E-state index contributed by atoms with van der Waals surface area (Å²) in [5, 5.41) is 3.96. The Morgan fingerprint density at radius 1 is 1.38 bits per heavy atom. The van der Waals surface area contributed by atoms with Crippen LogP contribution in [0.4, 0.5) is 5.69 Å². The molecule has 0 aromatic heterocycles. The molecular weight excluding hydrogens is 327 g/mol. The fourth-order valence-corrected chi connectivity index (χ4v) is 6.71. The van der Waals surface area contributed by atoms with E-state index in [0.717, 1.165) is 0 Å². The minimum atomic E-state index is -3.33. The van der Waals surface area contributed by atoms with Gasteiger partial charge in [-0.15, -0.1) is 0 Å². The van der Waals surface area contributed by atoms with Crippen LogP contribution in [0.1, 0.15) is 20.8 Å². The molecule has 1 unspecified atom stereocenters. The van der Waals surface area contributed by atoms with Crippen LogP contribution in [-0.4, -0.2) is 36.7 Å². The first-order chi connectivity index (χ1) is 9.61. The molecule has 5 nitrogen and oxygen atoms in total. The van der Waals surface area contributed by atoms with Crippen molar-refractivity contribution in [3.63, 3.8) is 0 Å². The predicted molar refractivity (Wildman–Crippen MR) is 90.5 cm³/mol. The zero-order valence-electron chi connectivity index (χ0n) is 12.5. The van der Waals surface area contributed by atoms with Gasteiger partial charge in [0.2, 0.25) is 7.29 Å². The van der Waals surface area contributed by atoms with Crippen LogP contribution in [0.5, 0.6) is 0 Å². The normalized spacial score (nSPS) is 22.1. The molecule has 0 saturated carbocycles. The molecule has 1 aliphatic heterocycles. The van der Waals surface area contributed by atoms with Crippen molar-refractivity contribution >= 4 is 45.5 Å². The van der Waals surface area contributed by atoms with E-state index in [4.69, 9.17) is 12.2 Å². The second-order valence-corrected chi connectivity index (χ2v) is 10.7. The first-order valence-electron chi connectivity index (χ1n) is 6.67. The summed E-state index contributed by atoms with van der Waals surface area (Å²) in [6, 6.07) is 4.63. The van der Waals surface area contributed by atoms with E-state index in [1.54, 1.807) is 24.3 Å². The van der Waals surface area contributed by atoms with Crippen LogP contribution in [0.2, 0.25) is 0 Å². The largest absolute Gasteiger partial charge is 0.332 e. The Morgan fingerprint density at radius 3 is 2.52 bits per heavy atom. The van der Waals surface area contributed by atoms with E-state index in [1.165, 1.54) is 12.1 Å². The van der Waals surface area contributed by atoms with Crippen LogP contribution in [0.3, 0.4) is 0 Å². The smallest absolute Gasteiger partial charge is 0.202 e. The van der Waals surface area contributed by atoms with Crippen molar-refractivity contribution in [1.82, 2.24) is 4.67 Å². The van der Waals surface area contributed by atoms with E-state index in [-0.39, 0.29) is 16.7 Å². The molecule has 0 radical (unpaired) electrons. The van der Waals surface area contributed by atoms with Gasteiger partial charge in [-0.3, -0.25) is 9.24 Å². The molecule has 116 valence electrons. The van der Waals surface area contributed by atoms with Crippen LogP contribution >= 0.6 is 19.5 Å². The maximum absolute atomic E-state index is 13.2. The molecule has 0 bridgehead atoms. The second-order valence-electron chi connectivity index (χ2n) is 5.33. The standard InChI is InChI=1S/C13H19N2O3PS2/c1-5-21(17,18)10-6-7-11-12(8-10)19(4,16)15(9(2)3)13(20)14-11/h6-9H,5H2,1-4H3,(H,14,20). The van der Waals surface area contributed by atoms with Gasteiger partial charge in [-0.2, -0.15) is 0 Å². The average Bonchev–Trinajstić information content (AvgIpc) is 2.37. The van der Waals surface area contributed by atoms with E-state index in [9.17, 15) is 13.0 Å². The van der Waals surface area contributed by atoms with Gasteiger partial charge in [0.15, 0.2) is 14.9 Å². The summed E-state index contributed by atoms with van der Waals surface area (Å²) >= 11 is 5.28. The summed E-state index contributed by atoms with van der Waals surface area (Å²) in [6.07, 6.45) is 0. The van der Waals surface area contributed by atoms with E-state index in [1.807, 2.05) is 13.8 Å². The number of thiocarbonyl (C=S) groups is 1. The van der Waals surface area contributed by atoms with Crippen LogP contribution < -0.4 is 10.6 Å². The van der Waals surface area contributed by atoms with Gasteiger partial charge >= 0.3 is 0 Å². The number of nitrogens with zero attached hydrogens (tertiary/aromatic N) is 1. The zero-order chi connectivity index (χ0) is 16.0. The lowest BCUT2D eigenvalue weighted by Crippen LogP contribution is -2.44. The highest BCUT2D eigenvalue weighted by molar-refractivity contribution is 7.91. The Labute approximate surface area is 131 Å². The van der Waals surface area contributed by atoms with Gasteiger partial charge in [0.05, 0.1) is 21.6 Å². The molecule has 1 atom stereocenters. The number of anilines is 1. The van der Waals surface area contributed by atoms with Crippen molar-refractivity contribution in [1.29, 1.82) is 0 Å². The second kappa shape index (κ2) is 5.38. The van der Waals surface area contributed by atoms with Gasteiger partial charge in [0.1, 0.15) is 0 Å². The molecule has 0 saturated heterocycles. The van der Waals surface area contributed by atoms with E-state index < -0.39 is 17.1 Å². The lowest BCUT2D eigenvalue weighted by molar-refractivity contribution is 0.483. The summed E-state index contributed by atoms with van der Waals surface area (Å²) in [5.41, 5.74) is 0.623. The number of benzene rings is 1. The number of hydrogen-bond donors (Lipinski definition) is 1. The maximum Gasteiger partial charge on any atom is 0.202 e. The van der Waals surface area contributed by atoms with Gasteiger partial charge < -0.3 is 5.32 Å². The molecule has 21 heavy (non-hydrogen) atoms. The molecule has 8 heteroatoms. The number of hydrogen-bond acceptors (Lipinski definition) is 4. The van der Waals surface area contributed by atoms with Gasteiger partial charge in [-0.1, -0.05) is 6.92 Å². The van der Waals surface area contributed by atoms with Crippen molar-refractivity contribution in [3.8, 4) is 0 Å². The third-order valence-corrected chi connectivity index (χ3v) is 8.42. The molecule has 0 spiro atoms. The summed E-state index contributed by atoms with van der Waals surface area (Å²) < 4.78 is 38.9. The molecule has 0 aliphatic carbocycles. The maximum atomic E-state index is 13.2. The fourth-order valence-electron chi connectivity index (χ4n) is 2.46. The van der Waals surface area contributed by atoms with E-state index in [2.05, 4.69) is 5.32 Å². The van der Waals surface area contributed by atoms with Gasteiger partial charge in [-0.05, 0) is 44.3 Å². The van der Waals surface area contributed by atoms with Crippen LogP contribution in [-0.2, 0) is 14.4 Å². The van der Waals surface area contributed by atoms with Crippen LogP contribution in [0.25, 0.3) is 0 Å². The molecular formula is C13H19N2O3PS2. The predicted octanol–water partition coefficient (Wildman–Crippen LogP) is 2.43. The highest BCUT2D eigenvalue weighted by atomic mass is 32.2. The Kier molecular flexibility index (Phi) is 4.21. The van der Waals surface area contributed by atoms with Crippen molar-refractivity contribution < 1.29 is 13.0 Å². The first kappa shape index (κ1) is 16.5. The highest BCUT2D eigenvalue weighted by Gasteiger charge is 2.38. The van der Waals surface area contributed by atoms with Crippen molar-refractivity contribution in [2.45, 2.75) is 31.7 Å². The number of fused-ring (bicyclic) bond motifs is 1. The molecule has 1 aliphatic rings. The number of rotatable bonds is 3. The van der Waals surface area contributed by atoms with Gasteiger partial charge in [0, 0.05) is 12.7 Å². The molecule has 2 rings (SSSR count). The summed E-state index contributed by atoms with van der Waals surface area (Å²) in [5.74, 6) is 0.0134. The van der Waals surface area contributed by atoms with Crippen molar-refractivity contribution in [2.24, 2.45) is 0 Å². The minimum Gasteiger partial charge on any atom is -0.332 e. The third kappa shape index (κ3) is 2.74. The van der Waals surface area contributed by atoms with Gasteiger partial charge in [-0.25, -0.2) is 8.42 Å². The Morgan fingerprint density at radius 2 is 2.00 bits per heavy atom. The lowest BCUT2D eigenvalue weighted by Gasteiger charge is -2.40. The molecule has 1 N–H and O–H groups in total. The first-order valence-corrected chi connectivity index (χ1v) is 10.8.